The monoisotopic (exact) mass is 277 g/mol. The summed E-state index contributed by atoms with van der Waals surface area (Å²) in [5.74, 6) is -0.0848. The fourth-order valence-corrected chi connectivity index (χ4v) is 2.85. The molecule has 0 saturated carbocycles. The molecule has 0 aromatic heterocycles. The lowest BCUT2D eigenvalue weighted by molar-refractivity contribution is -0.119. The molecule has 1 unspecified atom stereocenters. The zero-order valence-electron chi connectivity index (χ0n) is 11.7. The number of hydrogen-bond acceptors (Lipinski definition) is 5. The van der Waals surface area contributed by atoms with Gasteiger partial charge in [0, 0.05) is 25.0 Å². The smallest absolute Gasteiger partial charge is 0.217 e. The molecule has 7 nitrogen and oxygen atoms in total. The van der Waals surface area contributed by atoms with E-state index in [4.69, 9.17) is 0 Å². The number of carbonyl (C=O) groups is 1. The molecule has 1 aliphatic heterocycles. The zero-order valence-corrected chi connectivity index (χ0v) is 11.7. The van der Waals surface area contributed by atoms with Crippen LogP contribution in [0.1, 0.15) is 12.5 Å². The summed E-state index contributed by atoms with van der Waals surface area (Å²) in [5.41, 5.74) is 1.93. The lowest BCUT2D eigenvalue weighted by Crippen LogP contribution is -2.55. The number of hydrogen-bond donors (Lipinski definition) is 1. The van der Waals surface area contributed by atoms with E-state index in [1.807, 2.05) is 14.1 Å². The Morgan fingerprint density at radius 1 is 1.25 bits per heavy atom. The van der Waals surface area contributed by atoms with Crippen LogP contribution in [0.25, 0.3) is 0 Å². The molecule has 0 saturated heterocycles. The Hall–Kier alpha value is -2.15. The number of carbonyl (C=O) groups excluding carboxylic acids is 1. The fraction of sp³-hybridized carbons (Fsp3) is 0.462. The number of nitroso groups, excluding NO2 is 2. The van der Waals surface area contributed by atoms with E-state index in [1.54, 1.807) is 12.1 Å². The summed E-state index contributed by atoms with van der Waals surface area (Å²) in [6, 6.07) is 3.19. The van der Waals surface area contributed by atoms with Gasteiger partial charge in [0.2, 0.25) is 5.91 Å². The summed E-state index contributed by atoms with van der Waals surface area (Å²) in [7, 11) is 3.96. The quantitative estimate of drug-likeness (QED) is 0.678. The van der Waals surface area contributed by atoms with Crippen molar-refractivity contribution in [2.24, 2.45) is 10.4 Å². The third-order valence-corrected chi connectivity index (χ3v) is 3.58. The van der Waals surface area contributed by atoms with Crippen LogP contribution in [0.4, 0.5) is 17.1 Å². The minimum absolute atomic E-state index is 0.00968. The van der Waals surface area contributed by atoms with Crippen LogP contribution in [-0.2, 0) is 11.2 Å². The van der Waals surface area contributed by atoms with Crippen molar-refractivity contribution < 1.29 is 4.79 Å². The Kier molecular flexibility index (Phi) is 3.63. The van der Waals surface area contributed by atoms with Crippen molar-refractivity contribution in [3.8, 4) is 0 Å². The van der Waals surface area contributed by atoms with Gasteiger partial charge < -0.3 is 5.32 Å². The maximum atomic E-state index is 11.2. The molecule has 0 fully saturated rings. The highest BCUT2D eigenvalue weighted by molar-refractivity contribution is 5.75. The molecule has 1 atom stereocenters. The summed E-state index contributed by atoms with van der Waals surface area (Å²) >= 11 is 0. The van der Waals surface area contributed by atoms with Crippen molar-refractivity contribution in [3.63, 3.8) is 0 Å². The highest BCUT2D eigenvalue weighted by atomic mass is 16.3. The van der Waals surface area contributed by atoms with Gasteiger partial charge in [-0.05, 0) is 16.4 Å². The number of rotatable bonds is 3. The van der Waals surface area contributed by atoms with Crippen LogP contribution in [0.15, 0.2) is 22.5 Å². The van der Waals surface area contributed by atoms with E-state index < -0.39 is 0 Å². The molecular weight excluding hydrogens is 260 g/mol. The van der Waals surface area contributed by atoms with Crippen LogP contribution >= 0.6 is 0 Å². The maximum Gasteiger partial charge on any atom is 0.217 e. The molecule has 7 heteroatoms. The van der Waals surface area contributed by atoms with Crippen LogP contribution in [0, 0.1) is 9.81 Å². The normalized spacial score (nSPS) is 19.9. The first kappa shape index (κ1) is 14.3. The SMILES string of the molecule is CC(=O)NC1Cc2cc(N=O)c(N=O)cc2[N+](C)(C)C1. The Morgan fingerprint density at radius 3 is 2.40 bits per heavy atom. The Balaban J connectivity index is 2.48. The summed E-state index contributed by atoms with van der Waals surface area (Å²) in [5, 5.41) is 8.60. The number of nitrogens with one attached hydrogen (secondary N) is 1. The van der Waals surface area contributed by atoms with E-state index in [-0.39, 0.29) is 23.3 Å². The van der Waals surface area contributed by atoms with Gasteiger partial charge in [0.15, 0.2) is 0 Å². The minimum atomic E-state index is -0.0848. The Labute approximate surface area is 116 Å². The van der Waals surface area contributed by atoms with Gasteiger partial charge in [-0.3, -0.25) is 9.28 Å². The molecule has 106 valence electrons. The summed E-state index contributed by atoms with van der Waals surface area (Å²) in [6.45, 7) is 2.19. The van der Waals surface area contributed by atoms with Gasteiger partial charge in [0.25, 0.3) is 0 Å². The van der Waals surface area contributed by atoms with Crippen LogP contribution < -0.4 is 9.80 Å². The third-order valence-electron chi connectivity index (χ3n) is 3.58. The Bertz CT molecular complexity index is 583. The molecule has 0 aliphatic carbocycles. The van der Waals surface area contributed by atoms with E-state index in [0.717, 1.165) is 11.3 Å². The highest BCUT2D eigenvalue weighted by Crippen LogP contribution is 2.39. The molecule has 1 aromatic carbocycles. The number of nitrogens with zero attached hydrogens (tertiary/aromatic N) is 3. The van der Waals surface area contributed by atoms with Gasteiger partial charge in [0.1, 0.15) is 23.6 Å². The van der Waals surface area contributed by atoms with Crippen LogP contribution in [0.3, 0.4) is 0 Å². The lowest BCUT2D eigenvalue weighted by Gasteiger charge is -2.39. The second-order valence-electron chi connectivity index (χ2n) is 5.62. The summed E-state index contributed by atoms with van der Waals surface area (Å²) < 4.78 is 0.502. The average Bonchev–Trinajstić information content (AvgIpc) is 2.35. The van der Waals surface area contributed by atoms with E-state index in [2.05, 4.69) is 15.7 Å². The molecule has 1 heterocycles. The number of quaternary nitrogens is 1. The van der Waals surface area contributed by atoms with Crippen molar-refractivity contribution in [1.29, 1.82) is 0 Å². The second kappa shape index (κ2) is 5.09. The molecule has 20 heavy (non-hydrogen) atoms. The maximum absolute atomic E-state index is 11.2. The summed E-state index contributed by atoms with van der Waals surface area (Å²) in [4.78, 5) is 32.8. The van der Waals surface area contributed by atoms with E-state index >= 15 is 0 Å². The number of benzene rings is 1. The number of likely N-dealkylation sites (N-methyl/N-ethyl adjacent to an activating group) is 1. The van der Waals surface area contributed by atoms with Crippen LogP contribution in [0.5, 0.6) is 0 Å². The topological polar surface area (TPSA) is 88.0 Å². The molecule has 1 N–H and O–H groups in total. The van der Waals surface area contributed by atoms with E-state index in [9.17, 15) is 14.6 Å². The average molecular weight is 277 g/mol. The second-order valence-corrected chi connectivity index (χ2v) is 5.62. The van der Waals surface area contributed by atoms with Crippen molar-refractivity contribution in [2.75, 3.05) is 20.6 Å². The van der Waals surface area contributed by atoms with Gasteiger partial charge in [-0.2, -0.15) is 0 Å². The highest BCUT2D eigenvalue weighted by Gasteiger charge is 2.35. The molecule has 1 amide bonds. The number of amides is 1. The first-order chi connectivity index (χ1) is 9.37. The standard InChI is InChI=1S/C13H16N4O3/c1-8(18)14-10-4-9-5-11(15-19)12(16-20)6-13(9)17(2,3)7-10/h5-6,10H,4,7H2,1-3H3/p+1. The van der Waals surface area contributed by atoms with Crippen molar-refractivity contribution in [1.82, 2.24) is 9.80 Å². The predicted octanol–water partition coefficient (Wildman–Crippen LogP) is 2.11. The minimum Gasteiger partial charge on any atom is -0.348 e. The van der Waals surface area contributed by atoms with Crippen LogP contribution in [0.2, 0.25) is 0 Å². The van der Waals surface area contributed by atoms with Gasteiger partial charge in [-0.25, -0.2) is 0 Å². The van der Waals surface area contributed by atoms with E-state index in [1.165, 1.54) is 6.92 Å². The first-order valence-corrected chi connectivity index (χ1v) is 6.31. The fourth-order valence-electron chi connectivity index (χ4n) is 2.85. The largest absolute Gasteiger partial charge is 0.348 e. The van der Waals surface area contributed by atoms with Crippen molar-refractivity contribution >= 4 is 23.0 Å². The van der Waals surface area contributed by atoms with Crippen LogP contribution in [-0.4, -0.2) is 32.6 Å². The molecule has 0 bridgehead atoms. The Morgan fingerprint density at radius 2 is 1.85 bits per heavy atom. The van der Waals surface area contributed by atoms with Crippen molar-refractivity contribution in [3.05, 3.63) is 27.5 Å². The van der Waals surface area contributed by atoms with Gasteiger partial charge in [-0.1, -0.05) is 0 Å². The van der Waals surface area contributed by atoms with Gasteiger partial charge >= 0.3 is 0 Å². The zero-order chi connectivity index (χ0) is 14.9. The molecule has 2 rings (SSSR count). The molecular formula is C13H17N4O3+. The van der Waals surface area contributed by atoms with Gasteiger partial charge in [0.05, 0.1) is 20.1 Å². The molecule has 1 aliphatic rings. The van der Waals surface area contributed by atoms with E-state index in [0.29, 0.717) is 17.4 Å². The molecule has 0 spiro atoms. The summed E-state index contributed by atoms with van der Waals surface area (Å²) in [6.07, 6.45) is 0.609. The van der Waals surface area contributed by atoms with Crippen molar-refractivity contribution in [2.45, 2.75) is 19.4 Å². The molecule has 0 radical (unpaired) electrons. The third kappa shape index (κ3) is 2.57. The number of fused-ring (bicyclic) bond motifs is 1. The van der Waals surface area contributed by atoms with Gasteiger partial charge in [-0.15, -0.1) is 9.81 Å². The lowest BCUT2D eigenvalue weighted by atomic mass is 9.95. The molecule has 1 aromatic rings. The first-order valence-electron chi connectivity index (χ1n) is 6.31. The predicted molar refractivity (Wildman–Crippen MR) is 77.2 cm³/mol.